The monoisotopic (exact) mass is 434 g/mol. The standard InChI is InChI=1S/C25H30N4O3/c1-5-29(25(28-26-3)27-15-18-7-8-18)16-20-12-17(2)6-10-21(20)22-13-19(14-24(30)31)9-11-23(22)32-4/h6,9-13,18H,5,7-8,14-16H2,1-2,4H3,(H,27,28)(H,30,31). The second-order valence-corrected chi connectivity index (χ2v) is 8.13. The van der Waals surface area contributed by atoms with E-state index in [2.05, 4.69) is 26.3 Å². The average Bonchev–Trinajstić information content (AvgIpc) is 3.59. The van der Waals surface area contributed by atoms with Gasteiger partial charge in [-0.3, -0.25) is 4.79 Å². The van der Waals surface area contributed by atoms with Gasteiger partial charge in [0.15, 0.2) is 0 Å². The van der Waals surface area contributed by atoms with E-state index in [1.54, 1.807) is 13.2 Å². The average molecular weight is 435 g/mol. The van der Waals surface area contributed by atoms with Crippen LogP contribution in [0.1, 0.15) is 36.5 Å². The minimum absolute atomic E-state index is 0.0494. The number of aliphatic carboxylic acids is 1. The summed E-state index contributed by atoms with van der Waals surface area (Å²) in [6.07, 6.45) is 2.39. The number of hydrogen-bond acceptors (Lipinski definition) is 3. The van der Waals surface area contributed by atoms with Gasteiger partial charge < -0.3 is 20.1 Å². The fraction of sp³-hybridized carbons (Fsp3) is 0.400. The Balaban J connectivity index is 1.98. The van der Waals surface area contributed by atoms with Crippen molar-refractivity contribution in [3.8, 4) is 16.9 Å². The molecule has 0 bridgehead atoms. The number of hydrogen-bond donors (Lipinski definition) is 2. The van der Waals surface area contributed by atoms with E-state index in [0.29, 0.717) is 36.3 Å². The van der Waals surface area contributed by atoms with Crippen molar-refractivity contribution in [1.29, 1.82) is 0 Å². The number of nitrogens with one attached hydrogen (secondary N) is 1. The van der Waals surface area contributed by atoms with E-state index >= 15 is 0 Å². The highest BCUT2D eigenvalue weighted by Gasteiger charge is 2.24. The smallest absolute Gasteiger partial charge is 0.307 e. The minimum Gasteiger partial charge on any atom is -0.496 e. The first-order valence-corrected chi connectivity index (χ1v) is 10.9. The summed E-state index contributed by atoms with van der Waals surface area (Å²) in [5.41, 5.74) is 4.72. The molecule has 0 saturated heterocycles. The minimum atomic E-state index is -0.871. The van der Waals surface area contributed by atoms with E-state index in [4.69, 9.17) is 11.3 Å². The number of methoxy groups -OCH3 is 1. The number of carboxylic acid groups (broad SMARTS) is 1. The lowest BCUT2D eigenvalue weighted by molar-refractivity contribution is -0.136. The normalized spacial score (nSPS) is 13.4. The molecule has 0 atom stereocenters. The molecule has 0 aromatic heterocycles. The van der Waals surface area contributed by atoms with E-state index in [-0.39, 0.29) is 6.42 Å². The third kappa shape index (κ3) is 6.01. The Bertz CT molecular complexity index is 1040. The second-order valence-electron chi connectivity index (χ2n) is 8.13. The number of carbonyl (C=O) groups is 1. The van der Waals surface area contributed by atoms with Gasteiger partial charge in [0.25, 0.3) is 5.96 Å². The SMILES string of the molecule is [C-]#[N+]/N=C(\NCC1CC1)N(CC)Cc1cc(C)ccc1-c1cc(CC(=O)O)ccc1OC. The van der Waals surface area contributed by atoms with Crippen molar-refractivity contribution in [2.45, 2.75) is 39.7 Å². The van der Waals surface area contributed by atoms with E-state index in [1.807, 2.05) is 38.1 Å². The maximum absolute atomic E-state index is 11.2. The topological polar surface area (TPSA) is 78.5 Å². The third-order valence-electron chi connectivity index (χ3n) is 5.60. The molecule has 1 saturated carbocycles. The molecule has 1 aliphatic carbocycles. The predicted molar refractivity (Wildman–Crippen MR) is 125 cm³/mol. The summed E-state index contributed by atoms with van der Waals surface area (Å²) in [5.74, 6) is 1.08. The summed E-state index contributed by atoms with van der Waals surface area (Å²) in [4.78, 5) is 16.6. The summed E-state index contributed by atoms with van der Waals surface area (Å²) in [5, 5.41) is 16.6. The van der Waals surface area contributed by atoms with Crippen molar-refractivity contribution in [2.24, 2.45) is 11.0 Å². The molecule has 0 unspecified atom stereocenters. The summed E-state index contributed by atoms with van der Waals surface area (Å²) in [6.45, 7) is 13.4. The van der Waals surface area contributed by atoms with Crippen LogP contribution in [-0.4, -0.2) is 42.1 Å². The van der Waals surface area contributed by atoms with Gasteiger partial charge in [0, 0.05) is 25.2 Å². The molecule has 1 aliphatic rings. The van der Waals surface area contributed by atoms with Crippen molar-refractivity contribution < 1.29 is 14.6 Å². The van der Waals surface area contributed by atoms with E-state index in [9.17, 15) is 9.90 Å². The summed E-state index contributed by atoms with van der Waals surface area (Å²) >= 11 is 0. The molecule has 0 amide bonds. The van der Waals surface area contributed by atoms with Crippen LogP contribution >= 0.6 is 0 Å². The number of nitrogens with zero attached hydrogens (tertiary/aromatic N) is 3. The van der Waals surface area contributed by atoms with Gasteiger partial charge >= 0.3 is 5.97 Å². The van der Waals surface area contributed by atoms with Gasteiger partial charge in [0.1, 0.15) is 10.9 Å². The molecule has 7 nitrogen and oxygen atoms in total. The van der Waals surface area contributed by atoms with E-state index < -0.39 is 5.97 Å². The highest BCUT2D eigenvalue weighted by atomic mass is 16.5. The zero-order chi connectivity index (χ0) is 23.1. The number of carboxylic acids is 1. The Hall–Kier alpha value is -3.53. The van der Waals surface area contributed by atoms with E-state index in [0.717, 1.165) is 28.8 Å². The molecule has 0 heterocycles. The van der Waals surface area contributed by atoms with Crippen LogP contribution in [0, 0.1) is 19.4 Å². The number of aryl methyl sites for hydroxylation is 1. The quantitative estimate of drug-likeness (QED) is 0.266. The first-order valence-electron chi connectivity index (χ1n) is 10.9. The highest BCUT2D eigenvalue weighted by molar-refractivity contribution is 5.81. The lowest BCUT2D eigenvalue weighted by Crippen LogP contribution is -2.41. The Morgan fingerprint density at radius 3 is 2.69 bits per heavy atom. The lowest BCUT2D eigenvalue weighted by atomic mass is 9.94. The van der Waals surface area contributed by atoms with Crippen LogP contribution in [0.15, 0.2) is 41.5 Å². The Kier molecular flexibility index (Phi) is 7.72. The molecule has 1 fully saturated rings. The van der Waals surface area contributed by atoms with Crippen LogP contribution < -0.4 is 10.1 Å². The van der Waals surface area contributed by atoms with Gasteiger partial charge in [-0.1, -0.05) is 29.8 Å². The molecular weight excluding hydrogens is 404 g/mol. The van der Waals surface area contributed by atoms with Crippen LogP contribution in [0.25, 0.3) is 16.1 Å². The van der Waals surface area contributed by atoms with Crippen molar-refractivity contribution in [1.82, 2.24) is 10.2 Å². The second kappa shape index (κ2) is 10.7. The van der Waals surface area contributed by atoms with Crippen LogP contribution in [0.3, 0.4) is 0 Å². The van der Waals surface area contributed by atoms with Crippen LogP contribution in [0.2, 0.25) is 0 Å². The van der Waals surface area contributed by atoms with Gasteiger partial charge in [-0.15, -0.1) is 4.95 Å². The molecule has 168 valence electrons. The highest BCUT2D eigenvalue weighted by Crippen LogP contribution is 2.35. The Labute approximate surface area is 189 Å². The van der Waals surface area contributed by atoms with Crippen molar-refractivity contribution in [2.75, 3.05) is 20.2 Å². The maximum Gasteiger partial charge on any atom is 0.307 e. The predicted octanol–water partition coefficient (Wildman–Crippen LogP) is 4.31. The number of rotatable bonds is 9. The Morgan fingerprint density at radius 2 is 2.06 bits per heavy atom. The molecule has 0 spiro atoms. The molecule has 2 aromatic carbocycles. The van der Waals surface area contributed by atoms with Crippen molar-refractivity contribution in [3.63, 3.8) is 0 Å². The van der Waals surface area contributed by atoms with Crippen LogP contribution in [0.5, 0.6) is 5.75 Å². The fourth-order valence-electron chi connectivity index (χ4n) is 3.72. The lowest BCUT2D eigenvalue weighted by Gasteiger charge is -2.25. The van der Waals surface area contributed by atoms with Crippen LogP contribution in [0.4, 0.5) is 0 Å². The molecule has 2 aromatic rings. The number of guanidine groups is 1. The molecular formula is C25H30N4O3. The number of benzene rings is 2. The maximum atomic E-state index is 11.2. The van der Waals surface area contributed by atoms with Gasteiger partial charge in [-0.2, -0.15) is 6.57 Å². The first kappa shape index (κ1) is 23.1. The van der Waals surface area contributed by atoms with E-state index in [1.165, 1.54) is 12.8 Å². The zero-order valence-corrected chi connectivity index (χ0v) is 18.9. The van der Waals surface area contributed by atoms with Gasteiger partial charge in [0.2, 0.25) is 0 Å². The largest absolute Gasteiger partial charge is 0.496 e. The fourth-order valence-corrected chi connectivity index (χ4v) is 3.72. The van der Waals surface area contributed by atoms with Gasteiger partial charge in [0.05, 0.1) is 13.5 Å². The summed E-state index contributed by atoms with van der Waals surface area (Å²) in [6, 6.07) is 11.7. The van der Waals surface area contributed by atoms with Crippen molar-refractivity contribution in [3.05, 3.63) is 64.6 Å². The number of ether oxygens (including phenoxy) is 1. The summed E-state index contributed by atoms with van der Waals surface area (Å²) in [7, 11) is 1.62. The van der Waals surface area contributed by atoms with Crippen molar-refractivity contribution >= 4 is 11.9 Å². The third-order valence-corrected chi connectivity index (χ3v) is 5.60. The summed E-state index contributed by atoms with van der Waals surface area (Å²) < 4.78 is 5.60. The molecule has 0 radical (unpaired) electrons. The molecule has 32 heavy (non-hydrogen) atoms. The first-order chi connectivity index (χ1) is 15.4. The molecule has 2 N–H and O–H groups in total. The molecule has 3 rings (SSSR count). The van der Waals surface area contributed by atoms with Gasteiger partial charge in [-0.05, 0) is 61.4 Å². The zero-order valence-electron chi connectivity index (χ0n) is 18.9. The molecule has 0 aliphatic heterocycles. The van der Waals surface area contributed by atoms with Gasteiger partial charge in [-0.25, -0.2) is 0 Å². The molecule has 7 heteroatoms. The van der Waals surface area contributed by atoms with Crippen LogP contribution in [-0.2, 0) is 17.8 Å². The Morgan fingerprint density at radius 1 is 1.28 bits per heavy atom.